The lowest BCUT2D eigenvalue weighted by Gasteiger charge is -2.03. The third-order valence-electron chi connectivity index (χ3n) is 1.27. The molecule has 1 unspecified atom stereocenters. The number of hydrogen-bond acceptors (Lipinski definition) is 3. The Morgan fingerprint density at radius 2 is 2.64 bits per heavy atom. The van der Waals surface area contributed by atoms with E-state index in [9.17, 15) is 9.90 Å². The van der Waals surface area contributed by atoms with Crippen molar-refractivity contribution in [2.24, 2.45) is 5.73 Å². The van der Waals surface area contributed by atoms with Gasteiger partial charge in [-0.25, -0.2) is 4.98 Å². The maximum Gasteiger partial charge on any atom is 0.220 e. The van der Waals surface area contributed by atoms with Crippen molar-refractivity contribution in [3.05, 3.63) is 18.2 Å². The fraction of sp³-hybridized carbons (Fsp3) is 0.333. The van der Waals surface area contributed by atoms with Crippen LogP contribution in [0.15, 0.2) is 12.5 Å². The zero-order valence-corrected chi connectivity index (χ0v) is 5.82. The first-order valence-corrected chi connectivity index (χ1v) is 3.15. The minimum absolute atomic E-state index is 0.0812. The van der Waals surface area contributed by atoms with Gasteiger partial charge in [0.05, 0.1) is 24.6 Å². The Balaban J connectivity index is 2.56. The predicted molar refractivity (Wildman–Crippen MR) is 37.4 cm³/mol. The number of nitrogens with zero attached hydrogens (tertiary/aromatic N) is 1. The van der Waals surface area contributed by atoms with E-state index < -0.39 is 12.0 Å². The number of hydrogen-bond donors (Lipinski definition) is 3. The van der Waals surface area contributed by atoms with Crippen LogP contribution in [-0.2, 0) is 4.79 Å². The number of aromatic amines is 1. The molecule has 0 fully saturated rings. The molecule has 1 heterocycles. The summed E-state index contributed by atoms with van der Waals surface area (Å²) in [6.07, 6.45) is 1.94. The van der Waals surface area contributed by atoms with Crippen molar-refractivity contribution >= 4 is 5.91 Å². The van der Waals surface area contributed by atoms with Gasteiger partial charge < -0.3 is 15.8 Å². The average Bonchev–Trinajstić information content (AvgIpc) is 2.35. The number of primary amides is 1. The van der Waals surface area contributed by atoms with Gasteiger partial charge in [0.1, 0.15) is 6.10 Å². The second-order valence-electron chi connectivity index (χ2n) is 2.19. The minimum atomic E-state index is -0.866. The van der Waals surface area contributed by atoms with Gasteiger partial charge in [0.25, 0.3) is 0 Å². The van der Waals surface area contributed by atoms with Gasteiger partial charge in [-0.3, -0.25) is 4.79 Å². The summed E-state index contributed by atoms with van der Waals surface area (Å²) < 4.78 is 0. The molecular weight excluding hydrogens is 146 g/mol. The molecule has 1 amide bonds. The molecule has 0 bridgehead atoms. The number of carbonyl (C=O) groups is 1. The van der Waals surface area contributed by atoms with Crippen molar-refractivity contribution in [1.82, 2.24) is 9.97 Å². The second kappa shape index (κ2) is 3.16. The smallest absolute Gasteiger partial charge is 0.220 e. The Hall–Kier alpha value is -1.36. The monoisotopic (exact) mass is 155 g/mol. The van der Waals surface area contributed by atoms with Gasteiger partial charge in [0.2, 0.25) is 5.91 Å². The summed E-state index contributed by atoms with van der Waals surface area (Å²) in [7, 11) is 0. The van der Waals surface area contributed by atoms with Gasteiger partial charge in [-0.05, 0) is 0 Å². The van der Waals surface area contributed by atoms with E-state index in [1.807, 2.05) is 0 Å². The molecule has 0 radical (unpaired) electrons. The standard InChI is InChI=1S/C6H9N3O2/c7-6(11)1-5(10)4-2-8-3-9-4/h2-3,5,10H,1H2,(H2,7,11)(H,8,9). The zero-order valence-electron chi connectivity index (χ0n) is 5.82. The normalized spacial score (nSPS) is 12.8. The average molecular weight is 155 g/mol. The van der Waals surface area contributed by atoms with Crippen LogP contribution in [0.4, 0.5) is 0 Å². The van der Waals surface area contributed by atoms with E-state index in [4.69, 9.17) is 5.73 Å². The summed E-state index contributed by atoms with van der Waals surface area (Å²) in [5.41, 5.74) is 5.37. The molecule has 0 aromatic carbocycles. The van der Waals surface area contributed by atoms with Crippen LogP contribution in [0, 0.1) is 0 Å². The lowest BCUT2D eigenvalue weighted by Crippen LogP contribution is -2.15. The highest BCUT2D eigenvalue weighted by atomic mass is 16.3. The molecule has 11 heavy (non-hydrogen) atoms. The number of nitrogens with one attached hydrogen (secondary N) is 1. The molecule has 0 saturated carbocycles. The topological polar surface area (TPSA) is 92.0 Å². The SMILES string of the molecule is NC(=O)CC(O)c1cnc[nH]1. The van der Waals surface area contributed by atoms with Crippen molar-refractivity contribution in [1.29, 1.82) is 0 Å². The Labute approximate surface area is 63.3 Å². The maximum atomic E-state index is 10.3. The quantitative estimate of drug-likeness (QED) is 0.540. The molecule has 0 aliphatic rings. The summed E-state index contributed by atoms with van der Waals surface area (Å²) >= 11 is 0. The van der Waals surface area contributed by atoms with Gasteiger partial charge in [0, 0.05) is 0 Å². The minimum Gasteiger partial charge on any atom is -0.386 e. The highest BCUT2D eigenvalue weighted by Crippen LogP contribution is 2.11. The van der Waals surface area contributed by atoms with Crippen molar-refractivity contribution < 1.29 is 9.90 Å². The molecule has 0 saturated heterocycles. The van der Waals surface area contributed by atoms with Crippen molar-refractivity contribution in [2.45, 2.75) is 12.5 Å². The third-order valence-corrected chi connectivity index (χ3v) is 1.27. The van der Waals surface area contributed by atoms with Crippen molar-refractivity contribution in [3.63, 3.8) is 0 Å². The largest absolute Gasteiger partial charge is 0.386 e. The number of H-pyrrole nitrogens is 1. The molecule has 5 nitrogen and oxygen atoms in total. The third kappa shape index (κ3) is 2.05. The van der Waals surface area contributed by atoms with Crippen LogP contribution in [0.2, 0.25) is 0 Å². The number of rotatable bonds is 3. The molecule has 1 aromatic heterocycles. The first-order chi connectivity index (χ1) is 5.20. The Morgan fingerprint density at radius 1 is 1.91 bits per heavy atom. The molecular formula is C6H9N3O2. The van der Waals surface area contributed by atoms with Crippen LogP contribution in [0.3, 0.4) is 0 Å². The second-order valence-corrected chi connectivity index (χ2v) is 2.19. The fourth-order valence-electron chi connectivity index (χ4n) is 0.749. The lowest BCUT2D eigenvalue weighted by molar-refractivity contribution is -0.120. The first kappa shape index (κ1) is 7.74. The van der Waals surface area contributed by atoms with E-state index in [-0.39, 0.29) is 6.42 Å². The van der Waals surface area contributed by atoms with Crippen LogP contribution in [0.5, 0.6) is 0 Å². The summed E-state index contributed by atoms with van der Waals surface area (Å²) in [6, 6.07) is 0. The number of nitrogens with two attached hydrogens (primary N) is 1. The molecule has 4 N–H and O–H groups in total. The van der Waals surface area contributed by atoms with Crippen LogP contribution in [0.1, 0.15) is 18.2 Å². The van der Waals surface area contributed by atoms with E-state index in [1.54, 1.807) is 0 Å². The van der Waals surface area contributed by atoms with E-state index in [2.05, 4.69) is 9.97 Å². The summed E-state index contributed by atoms with van der Waals surface area (Å²) in [4.78, 5) is 16.7. The predicted octanol–water partition coefficient (Wildman–Crippen LogP) is -0.682. The highest BCUT2D eigenvalue weighted by molar-refractivity contribution is 5.74. The van der Waals surface area contributed by atoms with Gasteiger partial charge in [-0.1, -0.05) is 0 Å². The lowest BCUT2D eigenvalue weighted by atomic mass is 10.2. The Morgan fingerprint density at radius 3 is 3.09 bits per heavy atom. The van der Waals surface area contributed by atoms with Crippen molar-refractivity contribution in [2.75, 3.05) is 0 Å². The van der Waals surface area contributed by atoms with Gasteiger partial charge in [-0.15, -0.1) is 0 Å². The fourth-order valence-corrected chi connectivity index (χ4v) is 0.749. The van der Waals surface area contributed by atoms with Crippen molar-refractivity contribution in [3.8, 4) is 0 Å². The van der Waals surface area contributed by atoms with E-state index in [1.165, 1.54) is 12.5 Å². The number of imidazole rings is 1. The van der Waals surface area contributed by atoms with Crippen LogP contribution in [0.25, 0.3) is 0 Å². The van der Waals surface area contributed by atoms with Gasteiger partial charge in [-0.2, -0.15) is 0 Å². The molecule has 0 aliphatic carbocycles. The zero-order chi connectivity index (χ0) is 8.27. The number of aliphatic hydroxyl groups excluding tert-OH is 1. The van der Waals surface area contributed by atoms with Crippen LogP contribution in [-0.4, -0.2) is 21.0 Å². The van der Waals surface area contributed by atoms with Gasteiger partial charge >= 0.3 is 0 Å². The van der Waals surface area contributed by atoms with E-state index in [0.29, 0.717) is 5.69 Å². The molecule has 1 rings (SSSR count). The van der Waals surface area contributed by atoms with E-state index in [0.717, 1.165) is 0 Å². The highest BCUT2D eigenvalue weighted by Gasteiger charge is 2.10. The Kier molecular flexibility index (Phi) is 2.22. The summed E-state index contributed by atoms with van der Waals surface area (Å²) in [5.74, 6) is -0.535. The van der Waals surface area contributed by atoms with Crippen LogP contribution >= 0.6 is 0 Å². The number of amides is 1. The van der Waals surface area contributed by atoms with Gasteiger partial charge in [0.15, 0.2) is 0 Å². The molecule has 60 valence electrons. The molecule has 1 atom stereocenters. The molecule has 0 spiro atoms. The molecule has 0 aliphatic heterocycles. The number of aromatic nitrogens is 2. The van der Waals surface area contributed by atoms with E-state index >= 15 is 0 Å². The first-order valence-electron chi connectivity index (χ1n) is 3.15. The summed E-state index contributed by atoms with van der Waals surface area (Å²) in [5, 5.41) is 9.21. The number of carbonyl (C=O) groups excluding carboxylic acids is 1. The number of aliphatic hydroxyl groups is 1. The Bertz CT molecular complexity index is 232. The van der Waals surface area contributed by atoms with Crippen LogP contribution < -0.4 is 5.73 Å². The summed E-state index contributed by atoms with van der Waals surface area (Å²) in [6.45, 7) is 0. The molecule has 1 aromatic rings. The maximum absolute atomic E-state index is 10.3. The molecule has 5 heteroatoms.